The SMILES string of the molecule is CC[Si](CC)(CC)O[C@H]([C@H](C)[C@@H](CC=O)O[Si](CC)(CC)CC)[C@H](C)C(=O)N1C(=O)OC[C@@H]1Cc1ccccc1. The number of carbonyl (C=O) groups excluding carboxylic acids is 3. The van der Waals surface area contributed by atoms with Crippen molar-refractivity contribution in [3.8, 4) is 0 Å². The predicted molar refractivity (Wildman–Crippen MR) is 165 cm³/mol. The maximum absolute atomic E-state index is 14.1. The van der Waals surface area contributed by atoms with Gasteiger partial charge >= 0.3 is 6.09 Å². The van der Waals surface area contributed by atoms with Gasteiger partial charge in [0.05, 0.1) is 24.2 Å². The molecule has 1 heterocycles. The molecule has 0 radical (unpaired) electrons. The lowest BCUT2D eigenvalue weighted by molar-refractivity contribution is -0.138. The number of rotatable bonds is 18. The number of cyclic esters (lactones) is 1. The van der Waals surface area contributed by atoms with E-state index in [1.165, 1.54) is 4.90 Å². The minimum atomic E-state index is -2.16. The van der Waals surface area contributed by atoms with Gasteiger partial charge in [-0.05, 0) is 48.2 Å². The molecule has 1 aromatic carbocycles. The Morgan fingerprint density at radius 3 is 1.98 bits per heavy atom. The number of nitrogens with zero attached hydrogens (tertiary/aromatic N) is 1. The maximum Gasteiger partial charge on any atom is 0.416 e. The topological polar surface area (TPSA) is 82.1 Å². The first-order valence-electron chi connectivity index (χ1n) is 15.4. The van der Waals surface area contributed by atoms with Crippen molar-refractivity contribution in [2.75, 3.05) is 6.61 Å². The first-order chi connectivity index (χ1) is 19.1. The van der Waals surface area contributed by atoms with Crippen molar-refractivity contribution < 1.29 is 28.0 Å². The second-order valence-corrected chi connectivity index (χ2v) is 20.9. The molecule has 0 saturated carbocycles. The van der Waals surface area contributed by atoms with Crippen LogP contribution in [-0.2, 0) is 29.6 Å². The number of imide groups is 1. The van der Waals surface area contributed by atoms with Gasteiger partial charge < -0.3 is 18.4 Å². The molecular weight excluding hydrogens is 539 g/mol. The Hall–Kier alpha value is -1.82. The molecule has 1 fully saturated rings. The van der Waals surface area contributed by atoms with Crippen LogP contribution in [0.5, 0.6) is 0 Å². The number of aldehydes is 1. The van der Waals surface area contributed by atoms with Gasteiger partial charge in [-0.2, -0.15) is 0 Å². The minimum absolute atomic E-state index is 0.180. The third-order valence-electron chi connectivity index (χ3n) is 9.48. The Morgan fingerprint density at radius 1 is 0.950 bits per heavy atom. The molecule has 1 aliphatic heterocycles. The van der Waals surface area contributed by atoms with E-state index in [9.17, 15) is 14.4 Å². The molecular formula is C31H53NO6Si2. The molecule has 2 amide bonds. The Labute approximate surface area is 244 Å². The fourth-order valence-corrected chi connectivity index (χ4v) is 12.0. The number of benzene rings is 1. The van der Waals surface area contributed by atoms with Gasteiger partial charge in [-0.3, -0.25) is 4.79 Å². The summed E-state index contributed by atoms with van der Waals surface area (Å²) in [6.07, 6.45) is 0.322. The lowest BCUT2D eigenvalue weighted by atomic mass is 9.87. The zero-order valence-electron chi connectivity index (χ0n) is 26.1. The summed E-state index contributed by atoms with van der Waals surface area (Å²) in [6.45, 7) is 17.2. The quantitative estimate of drug-likeness (QED) is 0.132. The summed E-state index contributed by atoms with van der Waals surface area (Å²) in [5, 5.41) is 0. The standard InChI is InChI=1S/C31H53NO6Si2/c1-9-39(10-2,11-3)37-28(20-21-33)24(7)29(38-40(12-4,13-5)14-6)25(8)30(34)32-27(23-36-31(32)35)22-26-18-16-15-17-19-26/h15-19,21,24-25,27-29H,9-14,20,22-23H2,1-8H3/t24-,25+,27+,28-,29-/m1/s1. The zero-order valence-corrected chi connectivity index (χ0v) is 28.1. The van der Waals surface area contributed by atoms with Gasteiger partial charge in [-0.25, -0.2) is 9.69 Å². The van der Waals surface area contributed by atoms with E-state index < -0.39 is 34.7 Å². The van der Waals surface area contributed by atoms with E-state index >= 15 is 0 Å². The number of hydrogen-bond donors (Lipinski definition) is 0. The Morgan fingerprint density at radius 2 is 1.48 bits per heavy atom. The molecule has 226 valence electrons. The van der Waals surface area contributed by atoms with E-state index in [-0.39, 0.29) is 37.0 Å². The molecule has 5 atom stereocenters. The van der Waals surface area contributed by atoms with Crippen molar-refractivity contribution in [2.45, 2.75) is 123 Å². The number of ether oxygens (including phenoxy) is 1. The smallest absolute Gasteiger partial charge is 0.416 e. The molecule has 0 unspecified atom stereocenters. The van der Waals surface area contributed by atoms with Crippen LogP contribution in [0, 0.1) is 11.8 Å². The Bertz CT molecular complexity index is 920. The van der Waals surface area contributed by atoms with Crippen molar-refractivity contribution in [3.63, 3.8) is 0 Å². The molecule has 40 heavy (non-hydrogen) atoms. The summed E-state index contributed by atoms with van der Waals surface area (Å²) in [5.74, 6) is -1.08. The second kappa shape index (κ2) is 16.0. The van der Waals surface area contributed by atoms with E-state index in [1.807, 2.05) is 37.3 Å². The second-order valence-electron chi connectivity index (χ2n) is 11.4. The van der Waals surface area contributed by atoms with Crippen LogP contribution in [0.25, 0.3) is 0 Å². The molecule has 0 bridgehead atoms. The summed E-state index contributed by atoms with van der Waals surface area (Å²) in [6, 6.07) is 15.2. The lowest BCUT2D eigenvalue weighted by Crippen LogP contribution is -2.54. The number of amides is 2. The van der Waals surface area contributed by atoms with Gasteiger partial charge in [-0.1, -0.05) is 85.7 Å². The van der Waals surface area contributed by atoms with Crippen LogP contribution in [0.15, 0.2) is 30.3 Å². The molecule has 1 saturated heterocycles. The molecule has 7 nitrogen and oxygen atoms in total. The van der Waals surface area contributed by atoms with E-state index in [1.54, 1.807) is 0 Å². The average Bonchev–Trinajstić information content (AvgIpc) is 3.35. The van der Waals surface area contributed by atoms with Gasteiger partial charge in [0.15, 0.2) is 16.6 Å². The van der Waals surface area contributed by atoms with Gasteiger partial charge in [0.2, 0.25) is 5.91 Å². The van der Waals surface area contributed by atoms with Crippen molar-refractivity contribution in [1.82, 2.24) is 4.90 Å². The van der Waals surface area contributed by atoms with Gasteiger partial charge in [0.1, 0.15) is 12.9 Å². The minimum Gasteiger partial charge on any atom is -0.447 e. The van der Waals surface area contributed by atoms with Crippen molar-refractivity contribution in [1.29, 1.82) is 0 Å². The summed E-state index contributed by atoms with van der Waals surface area (Å²) in [5.41, 5.74) is 1.05. The highest BCUT2D eigenvalue weighted by Gasteiger charge is 2.47. The number of carbonyl (C=O) groups is 3. The number of hydrogen-bond acceptors (Lipinski definition) is 6. The first kappa shape index (κ1) is 34.4. The molecule has 0 N–H and O–H groups in total. The Kier molecular flexibility index (Phi) is 13.7. The van der Waals surface area contributed by atoms with Gasteiger partial charge in [0, 0.05) is 12.3 Å². The zero-order chi connectivity index (χ0) is 29.9. The van der Waals surface area contributed by atoms with Crippen LogP contribution < -0.4 is 0 Å². The van der Waals surface area contributed by atoms with Crippen LogP contribution in [0.4, 0.5) is 4.79 Å². The lowest BCUT2D eigenvalue weighted by Gasteiger charge is -2.43. The highest BCUT2D eigenvalue weighted by atomic mass is 28.4. The van der Waals surface area contributed by atoms with E-state index in [0.717, 1.165) is 48.1 Å². The van der Waals surface area contributed by atoms with Crippen LogP contribution in [-0.4, -0.2) is 64.7 Å². The predicted octanol–water partition coefficient (Wildman–Crippen LogP) is 7.22. The Balaban J connectivity index is 2.46. The van der Waals surface area contributed by atoms with Crippen LogP contribution >= 0.6 is 0 Å². The third kappa shape index (κ3) is 8.14. The molecule has 0 aromatic heterocycles. The average molecular weight is 592 g/mol. The van der Waals surface area contributed by atoms with Crippen molar-refractivity contribution in [3.05, 3.63) is 35.9 Å². The molecule has 0 spiro atoms. The monoisotopic (exact) mass is 591 g/mol. The van der Waals surface area contributed by atoms with Gasteiger partial charge in [-0.15, -0.1) is 0 Å². The first-order valence-corrected chi connectivity index (χ1v) is 20.5. The van der Waals surface area contributed by atoms with Gasteiger partial charge in [0.25, 0.3) is 0 Å². The highest BCUT2D eigenvalue weighted by Crippen LogP contribution is 2.35. The largest absolute Gasteiger partial charge is 0.447 e. The van der Waals surface area contributed by atoms with E-state index in [2.05, 4.69) is 48.5 Å². The third-order valence-corrected chi connectivity index (χ3v) is 18.8. The normalized spacial score (nSPS) is 19.1. The van der Waals surface area contributed by atoms with Crippen LogP contribution in [0.3, 0.4) is 0 Å². The summed E-state index contributed by atoms with van der Waals surface area (Å²) in [7, 11) is -4.19. The van der Waals surface area contributed by atoms with E-state index in [0.29, 0.717) is 6.42 Å². The summed E-state index contributed by atoms with van der Waals surface area (Å²) < 4.78 is 19.4. The highest BCUT2D eigenvalue weighted by molar-refractivity contribution is 6.74. The summed E-state index contributed by atoms with van der Waals surface area (Å²) in [4.78, 5) is 40.2. The molecule has 1 aliphatic rings. The maximum atomic E-state index is 14.1. The van der Waals surface area contributed by atoms with Crippen LogP contribution in [0.1, 0.15) is 67.4 Å². The van der Waals surface area contributed by atoms with Crippen LogP contribution in [0.2, 0.25) is 36.3 Å². The van der Waals surface area contributed by atoms with Crippen molar-refractivity contribution >= 4 is 34.9 Å². The van der Waals surface area contributed by atoms with Crippen molar-refractivity contribution in [2.24, 2.45) is 11.8 Å². The molecule has 2 rings (SSSR count). The van der Waals surface area contributed by atoms with E-state index in [4.69, 9.17) is 13.6 Å². The fraction of sp³-hybridized carbons (Fsp3) is 0.710. The summed E-state index contributed by atoms with van der Waals surface area (Å²) >= 11 is 0. The molecule has 1 aromatic rings. The fourth-order valence-electron chi connectivity index (χ4n) is 6.08. The molecule has 9 heteroatoms. The molecule has 0 aliphatic carbocycles.